The number of aryl methyl sites for hydroxylation is 1. The molecule has 0 unspecified atom stereocenters. The van der Waals surface area contributed by atoms with Crippen LogP contribution in [0.15, 0.2) is 42.6 Å². The third-order valence-electron chi connectivity index (χ3n) is 2.89. The third kappa shape index (κ3) is 2.51. The summed E-state index contributed by atoms with van der Waals surface area (Å²) in [4.78, 5) is 1.54. The zero-order valence-corrected chi connectivity index (χ0v) is 11.1. The highest BCUT2D eigenvalue weighted by molar-refractivity contribution is 5.33. The van der Waals surface area contributed by atoms with Crippen molar-refractivity contribution in [3.63, 3.8) is 0 Å². The maximum absolute atomic E-state index is 4.34. The van der Waals surface area contributed by atoms with Crippen LogP contribution in [0, 0.1) is 0 Å². The second kappa shape index (κ2) is 5.52. The summed E-state index contributed by atoms with van der Waals surface area (Å²) in [5, 5.41) is 19.5. The van der Waals surface area contributed by atoms with Crippen molar-refractivity contribution in [1.29, 1.82) is 0 Å². The zero-order valence-electron chi connectivity index (χ0n) is 11.1. The maximum Gasteiger partial charge on any atom is 0.263 e. The van der Waals surface area contributed by atoms with Crippen LogP contribution in [-0.2, 0) is 13.1 Å². The Balaban J connectivity index is 1.74. The Morgan fingerprint density at radius 3 is 2.75 bits per heavy atom. The molecule has 7 heteroatoms. The first-order valence-electron chi connectivity index (χ1n) is 6.47. The highest BCUT2D eigenvalue weighted by Crippen LogP contribution is 2.10. The Hall–Kier alpha value is -2.70. The predicted molar refractivity (Wildman–Crippen MR) is 74.4 cm³/mol. The number of hydrogen-bond acceptors (Lipinski definition) is 5. The zero-order chi connectivity index (χ0) is 13.8. The summed E-state index contributed by atoms with van der Waals surface area (Å²) in [7, 11) is 0. The van der Waals surface area contributed by atoms with E-state index in [0.717, 1.165) is 11.4 Å². The molecule has 1 N–H and O–H groups in total. The van der Waals surface area contributed by atoms with Crippen LogP contribution < -0.4 is 5.32 Å². The van der Waals surface area contributed by atoms with Crippen LogP contribution in [0.25, 0.3) is 5.69 Å². The van der Waals surface area contributed by atoms with Gasteiger partial charge in [0.1, 0.15) is 0 Å². The summed E-state index contributed by atoms with van der Waals surface area (Å²) >= 11 is 0. The molecule has 102 valence electrons. The van der Waals surface area contributed by atoms with Crippen molar-refractivity contribution >= 4 is 5.95 Å². The van der Waals surface area contributed by atoms with E-state index < -0.39 is 0 Å². The summed E-state index contributed by atoms with van der Waals surface area (Å²) in [6.45, 7) is 3.26. The van der Waals surface area contributed by atoms with Crippen LogP contribution in [0.5, 0.6) is 0 Å². The van der Waals surface area contributed by atoms with E-state index in [-0.39, 0.29) is 0 Å². The predicted octanol–water partition coefficient (Wildman–Crippen LogP) is 1.49. The molecule has 0 radical (unpaired) electrons. The molecule has 0 bridgehead atoms. The molecule has 2 heterocycles. The van der Waals surface area contributed by atoms with Crippen molar-refractivity contribution in [2.75, 3.05) is 5.32 Å². The van der Waals surface area contributed by atoms with E-state index in [1.165, 1.54) is 4.80 Å². The summed E-state index contributed by atoms with van der Waals surface area (Å²) in [6, 6.07) is 12.0. The van der Waals surface area contributed by atoms with Crippen molar-refractivity contribution in [3.05, 3.63) is 48.3 Å². The van der Waals surface area contributed by atoms with Crippen molar-refractivity contribution < 1.29 is 0 Å². The van der Waals surface area contributed by atoms with Crippen LogP contribution in [-0.4, -0.2) is 30.0 Å². The average molecular weight is 269 g/mol. The summed E-state index contributed by atoms with van der Waals surface area (Å²) in [5.74, 6) is 0.521. The lowest BCUT2D eigenvalue weighted by atomic mass is 10.3. The van der Waals surface area contributed by atoms with Gasteiger partial charge in [-0.2, -0.15) is 9.90 Å². The van der Waals surface area contributed by atoms with E-state index in [1.807, 2.05) is 48.0 Å². The number of aromatic nitrogens is 6. The summed E-state index contributed by atoms with van der Waals surface area (Å²) in [6.07, 6.45) is 1.78. The monoisotopic (exact) mass is 269 g/mol. The summed E-state index contributed by atoms with van der Waals surface area (Å²) in [5.41, 5.74) is 2.06. The Labute approximate surface area is 116 Å². The SMILES string of the molecule is CCn1nnc(NCc2ccnn2-c2ccccc2)n1. The second-order valence-corrected chi connectivity index (χ2v) is 4.23. The molecular formula is C13H15N7. The number of benzene rings is 1. The topological polar surface area (TPSA) is 73.5 Å². The molecular weight excluding hydrogens is 254 g/mol. The van der Waals surface area contributed by atoms with Crippen molar-refractivity contribution in [1.82, 2.24) is 30.0 Å². The van der Waals surface area contributed by atoms with Crippen molar-refractivity contribution in [3.8, 4) is 5.69 Å². The first kappa shape index (κ1) is 12.3. The number of hydrogen-bond donors (Lipinski definition) is 1. The Bertz CT molecular complexity index is 671. The maximum atomic E-state index is 4.34. The molecule has 0 amide bonds. The van der Waals surface area contributed by atoms with Gasteiger partial charge < -0.3 is 5.32 Å². The van der Waals surface area contributed by atoms with E-state index in [1.54, 1.807) is 6.20 Å². The first-order valence-corrected chi connectivity index (χ1v) is 6.47. The molecule has 3 aromatic rings. The van der Waals surface area contributed by atoms with Gasteiger partial charge in [0.2, 0.25) is 0 Å². The van der Waals surface area contributed by atoms with Gasteiger partial charge in [0, 0.05) is 6.20 Å². The lowest BCUT2D eigenvalue weighted by Crippen LogP contribution is -2.08. The van der Waals surface area contributed by atoms with Gasteiger partial charge in [-0.05, 0) is 30.3 Å². The number of nitrogens with one attached hydrogen (secondary N) is 1. The fourth-order valence-electron chi connectivity index (χ4n) is 1.88. The third-order valence-corrected chi connectivity index (χ3v) is 2.89. The standard InChI is InChI=1S/C13H15N7/c1-2-19-17-13(16-18-19)14-10-12-8-9-15-20(12)11-6-4-3-5-7-11/h3-9H,2,10H2,1H3,(H,14,17). The molecule has 0 aliphatic rings. The molecule has 0 atom stereocenters. The van der Waals surface area contributed by atoms with Crippen LogP contribution in [0.2, 0.25) is 0 Å². The number of nitrogens with zero attached hydrogens (tertiary/aromatic N) is 6. The molecule has 1 aromatic carbocycles. The Morgan fingerprint density at radius 1 is 1.15 bits per heavy atom. The Kier molecular flexibility index (Phi) is 3.40. The van der Waals surface area contributed by atoms with Gasteiger partial charge in [0.05, 0.1) is 24.5 Å². The van der Waals surface area contributed by atoms with Crippen LogP contribution in [0.3, 0.4) is 0 Å². The lowest BCUT2D eigenvalue weighted by Gasteiger charge is -2.07. The minimum absolute atomic E-state index is 0.521. The highest BCUT2D eigenvalue weighted by Gasteiger charge is 2.06. The highest BCUT2D eigenvalue weighted by atomic mass is 15.6. The fraction of sp³-hybridized carbons (Fsp3) is 0.231. The van der Waals surface area contributed by atoms with Crippen molar-refractivity contribution in [2.45, 2.75) is 20.0 Å². The van der Waals surface area contributed by atoms with Gasteiger partial charge in [-0.15, -0.1) is 5.10 Å². The Morgan fingerprint density at radius 2 is 2.00 bits per heavy atom. The molecule has 7 nitrogen and oxygen atoms in total. The number of para-hydroxylation sites is 1. The normalized spacial score (nSPS) is 10.7. The van der Waals surface area contributed by atoms with E-state index in [2.05, 4.69) is 25.8 Å². The minimum Gasteiger partial charge on any atom is -0.346 e. The molecule has 3 rings (SSSR count). The molecule has 0 aliphatic carbocycles. The smallest absolute Gasteiger partial charge is 0.263 e. The van der Waals surface area contributed by atoms with Crippen LogP contribution in [0.1, 0.15) is 12.6 Å². The van der Waals surface area contributed by atoms with Gasteiger partial charge in [-0.1, -0.05) is 23.3 Å². The van der Waals surface area contributed by atoms with Gasteiger partial charge in [-0.3, -0.25) is 0 Å². The molecule has 0 saturated carbocycles. The quantitative estimate of drug-likeness (QED) is 0.759. The number of rotatable bonds is 5. The number of anilines is 1. The molecule has 0 spiro atoms. The molecule has 0 saturated heterocycles. The van der Waals surface area contributed by atoms with Crippen LogP contribution in [0.4, 0.5) is 5.95 Å². The fourth-order valence-corrected chi connectivity index (χ4v) is 1.88. The van der Waals surface area contributed by atoms with Gasteiger partial charge >= 0.3 is 0 Å². The molecule has 2 aromatic heterocycles. The second-order valence-electron chi connectivity index (χ2n) is 4.23. The molecule has 0 aliphatic heterocycles. The van der Waals surface area contributed by atoms with E-state index in [4.69, 9.17) is 0 Å². The average Bonchev–Trinajstić information content (AvgIpc) is 3.15. The first-order chi connectivity index (χ1) is 9.86. The van der Waals surface area contributed by atoms with Gasteiger partial charge in [0.25, 0.3) is 5.95 Å². The number of tetrazole rings is 1. The van der Waals surface area contributed by atoms with E-state index in [0.29, 0.717) is 19.0 Å². The van der Waals surface area contributed by atoms with Gasteiger partial charge in [0.15, 0.2) is 0 Å². The van der Waals surface area contributed by atoms with Crippen LogP contribution >= 0.6 is 0 Å². The molecule has 0 fully saturated rings. The largest absolute Gasteiger partial charge is 0.346 e. The van der Waals surface area contributed by atoms with Crippen molar-refractivity contribution in [2.24, 2.45) is 0 Å². The minimum atomic E-state index is 0.521. The lowest BCUT2D eigenvalue weighted by molar-refractivity contribution is 0.552. The van der Waals surface area contributed by atoms with E-state index in [9.17, 15) is 0 Å². The van der Waals surface area contributed by atoms with Gasteiger partial charge in [-0.25, -0.2) is 4.68 Å². The molecule has 20 heavy (non-hydrogen) atoms. The van der Waals surface area contributed by atoms with E-state index >= 15 is 0 Å². The summed E-state index contributed by atoms with van der Waals surface area (Å²) < 4.78 is 1.89.